The Balaban J connectivity index is 3.29. The molecule has 0 atom stereocenters. The molecule has 0 aromatic heterocycles. The second-order valence-corrected chi connectivity index (χ2v) is 8.24. The van der Waals surface area contributed by atoms with Crippen LogP contribution in [-0.4, -0.2) is 89.5 Å². The fraction of sp³-hybridized carbons (Fsp3) is 0.920. The molecule has 32 heavy (non-hydrogen) atoms. The summed E-state index contributed by atoms with van der Waals surface area (Å²) in [6.07, 6.45) is 8.88. The van der Waals surface area contributed by atoms with E-state index in [4.69, 9.17) is 18.9 Å². The minimum absolute atomic E-state index is 0.294. The van der Waals surface area contributed by atoms with Crippen LogP contribution in [-0.2, 0) is 28.5 Å². The number of nitrogens with zero attached hydrogens (tertiary/aromatic N) is 1. The molecule has 0 radical (unpaired) electrons. The van der Waals surface area contributed by atoms with Crippen LogP contribution in [0.2, 0.25) is 0 Å². The molecule has 0 amide bonds. The smallest absolute Gasteiger partial charge is 0.135 e. The third kappa shape index (κ3) is 23.8. The number of ketones is 2. The van der Waals surface area contributed by atoms with Crippen LogP contribution in [0, 0.1) is 0 Å². The minimum atomic E-state index is 0.294. The molecule has 0 aliphatic heterocycles. The van der Waals surface area contributed by atoms with E-state index in [1.807, 2.05) is 7.05 Å². The molecule has 190 valence electrons. The van der Waals surface area contributed by atoms with Gasteiger partial charge >= 0.3 is 0 Å². The molecule has 0 bridgehead atoms. The van der Waals surface area contributed by atoms with Gasteiger partial charge in [0.1, 0.15) is 11.6 Å². The maximum atomic E-state index is 11.6. The zero-order valence-electron chi connectivity index (χ0n) is 21.0. The maximum Gasteiger partial charge on any atom is 0.135 e. The Hall–Kier alpha value is -0.860. The predicted molar refractivity (Wildman–Crippen MR) is 128 cm³/mol. The SMILES string of the molecule is CCCCCC(=O)CCOCCOCCN(C)CCOCCOCCC(=O)CCCCC. The Morgan fingerprint density at radius 2 is 0.906 bits per heavy atom. The van der Waals surface area contributed by atoms with Gasteiger partial charge in [-0.25, -0.2) is 0 Å². The highest BCUT2D eigenvalue weighted by atomic mass is 16.5. The van der Waals surface area contributed by atoms with Crippen molar-refractivity contribution in [1.82, 2.24) is 4.90 Å². The second kappa shape index (κ2) is 24.8. The number of Topliss-reactive ketones (excluding diaryl/α,β-unsaturated/α-hetero) is 2. The molecule has 0 spiro atoms. The average Bonchev–Trinajstić information content (AvgIpc) is 2.77. The lowest BCUT2D eigenvalue weighted by molar-refractivity contribution is -0.121. The van der Waals surface area contributed by atoms with Crippen molar-refractivity contribution < 1.29 is 28.5 Å². The van der Waals surface area contributed by atoms with Gasteiger partial charge in [-0.1, -0.05) is 39.5 Å². The molecule has 0 N–H and O–H groups in total. The van der Waals surface area contributed by atoms with Crippen LogP contribution >= 0.6 is 0 Å². The number of carbonyl (C=O) groups is 2. The van der Waals surface area contributed by atoms with Gasteiger partial charge in [0.25, 0.3) is 0 Å². The third-order valence-corrected chi connectivity index (χ3v) is 5.15. The molecule has 7 heteroatoms. The Kier molecular flexibility index (Phi) is 24.1. The van der Waals surface area contributed by atoms with Gasteiger partial charge in [-0.3, -0.25) is 9.59 Å². The summed E-state index contributed by atoms with van der Waals surface area (Å²) < 4.78 is 22.1. The Morgan fingerprint density at radius 3 is 1.28 bits per heavy atom. The molecule has 0 saturated carbocycles. The molecule has 7 nitrogen and oxygen atoms in total. The van der Waals surface area contributed by atoms with Crippen LogP contribution in [0.1, 0.15) is 78.1 Å². The van der Waals surface area contributed by atoms with Gasteiger partial charge in [0, 0.05) is 38.8 Å². The minimum Gasteiger partial charge on any atom is -0.379 e. The molecule has 0 heterocycles. The molecule has 0 unspecified atom stereocenters. The van der Waals surface area contributed by atoms with Gasteiger partial charge in [-0.2, -0.15) is 0 Å². The lowest BCUT2D eigenvalue weighted by Gasteiger charge is -2.16. The summed E-state index contributed by atoms with van der Waals surface area (Å²) in [5.74, 6) is 0.588. The lowest BCUT2D eigenvalue weighted by atomic mass is 10.1. The van der Waals surface area contributed by atoms with E-state index in [1.165, 1.54) is 0 Å². The van der Waals surface area contributed by atoms with E-state index in [1.54, 1.807) is 0 Å². The summed E-state index contributed by atoms with van der Waals surface area (Å²) >= 11 is 0. The molecule has 0 fully saturated rings. The van der Waals surface area contributed by atoms with Gasteiger partial charge in [0.2, 0.25) is 0 Å². The lowest BCUT2D eigenvalue weighted by Crippen LogP contribution is -2.28. The monoisotopic (exact) mass is 459 g/mol. The Bertz CT molecular complexity index is 395. The fourth-order valence-corrected chi connectivity index (χ4v) is 2.96. The van der Waals surface area contributed by atoms with Crippen LogP contribution in [0.15, 0.2) is 0 Å². The summed E-state index contributed by atoms with van der Waals surface area (Å²) in [5.41, 5.74) is 0. The van der Waals surface area contributed by atoms with E-state index >= 15 is 0 Å². The fourth-order valence-electron chi connectivity index (χ4n) is 2.96. The van der Waals surface area contributed by atoms with Crippen molar-refractivity contribution in [2.45, 2.75) is 78.1 Å². The number of rotatable bonds is 26. The van der Waals surface area contributed by atoms with Crippen LogP contribution in [0.25, 0.3) is 0 Å². The second-order valence-electron chi connectivity index (χ2n) is 8.24. The Labute approximate surface area is 196 Å². The first-order chi connectivity index (χ1) is 15.6. The number of ether oxygens (including phenoxy) is 4. The zero-order valence-corrected chi connectivity index (χ0v) is 21.0. The standard InChI is InChI=1S/C25H49NO6/c1-4-6-8-10-24(27)12-16-29-20-22-31-18-14-26(3)15-19-32-23-21-30-17-13-25(28)11-9-7-5-2/h4-23H2,1-3H3. The summed E-state index contributed by atoms with van der Waals surface area (Å²) in [6, 6.07) is 0. The Morgan fingerprint density at radius 1 is 0.531 bits per heavy atom. The van der Waals surface area contributed by atoms with Gasteiger partial charge in [0.05, 0.1) is 52.9 Å². The first kappa shape index (κ1) is 31.1. The van der Waals surface area contributed by atoms with Crippen molar-refractivity contribution in [3.63, 3.8) is 0 Å². The van der Waals surface area contributed by atoms with E-state index < -0.39 is 0 Å². The van der Waals surface area contributed by atoms with E-state index in [-0.39, 0.29) is 0 Å². The van der Waals surface area contributed by atoms with E-state index in [9.17, 15) is 9.59 Å². The van der Waals surface area contributed by atoms with Crippen LogP contribution < -0.4 is 0 Å². The van der Waals surface area contributed by atoms with E-state index in [2.05, 4.69) is 18.7 Å². The largest absolute Gasteiger partial charge is 0.379 e. The first-order valence-electron chi connectivity index (χ1n) is 12.6. The van der Waals surface area contributed by atoms with Crippen molar-refractivity contribution in [2.24, 2.45) is 0 Å². The molecule has 0 rings (SSSR count). The van der Waals surface area contributed by atoms with Gasteiger partial charge in [-0.15, -0.1) is 0 Å². The van der Waals surface area contributed by atoms with Crippen molar-refractivity contribution in [1.29, 1.82) is 0 Å². The third-order valence-electron chi connectivity index (χ3n) is 5.15. The zero-order chi connectivity index (χ0) is 23.7. The molecule has 0 aliphatic carbocycles. The summed E-state index contributed by atoms with van der Waals surface area (Å²) in [4.78, 5) is 25.4. The topological polar surface area (TPSA) is 74.3 Å². The van der Waals surface area contributed by atoms with Crippen molar-refractivity contribution in [3.05, 3.63) is 0 Å². The number of hydrogen-bond acceptors (Lipinski definition) is 7. The highest BCUT2D eigenvalue weighted by molar-refractivity contribution is 5.78. The quantitative estimate of drug-likeness (QED) is 0.181. The molecular weight excluding hydrogens is 410 g/mol. The first-order valence-corrected chi connectivity index (χ1v) is 12.6. The van der Waals surface area contributed by atoms with E-state index in [0.717, 1.165) is 51.6 Å². The van der Waals surface area contributed by atoms with Crippen molar-refractivity contribution >= 4 is 11.6 Å². The highest BCUT2D eigenvalue weighted by Gasteiger charge is 2.03. The molecule has 0 aromatic rings. The van der Waals surface area contributed by atoms with Crippen LogP contribution in [0.4, 0.5) is 0 Å². The summed E-state index contributed by atoms with van der Waals surface area (Å²) in [7, 11) is 2.04. The van der Waals surface area contributed by atoms with Crippen molar-refractivity contribution in [2.75, 3.05) is 73.0 Å². The average molecular weight is 460 g/mol. The normalized spacial score (nSPS) is 11.4. The van der Waals surface area contributed by atoms with Gasteiger partial charge in [0.15, 0.2) is 0 Å². The van der Waals surface area contributed by atoms with Gasteiger partial charge in [-0.05, 0) is 19.9 Å². The number of likely N-dealkylation sites (N-methyl/N-ethyl adjacent to an activating group) is 1. The summed E-state index contributed by atoms with van der Waals surface area (Å²) in [5, 5.41) is 0. The van der Waals surface area contributed by atoms with Crippen LogP contribution in [0.3, 0.4) is 0 Å². The van der Waals surface area contributed by atoms with E-state index in [0.29, 0.717) is 90.1 Å². The molecular formula is C25H49NO6. The van der Waals surface area contributed by atoms with Crippen LogP contribution in [0.5, 0.6) is 0 Å². The molecule has 0 saturated heterocycles. The number of carbonyl (C=O) groups excluding carboxylic acids is 2. The number of unbranched alkanes of at least 4 members (excludes halogenated alkanes) is 4. The predicted octanol–water partition coefficient (Wildman–Crippen LogP) is 4.06. The number of hydrogen-bond donors (Lipinski definition) is 0. The maximum absolute atomic E-state index is 11.6. The highest BCUT2D eigenvalue weighted by Crippen LogP contribution is 2.03. The molecule has 0 aliphatic rings. The van der Waals surface area contributed by atoms with Gasteiger partial charge < -0.3 is 23.8 Å². The summed E-state index contributed by atoms with van der Waals surface area (Å²) in [6.45, 7) is 10.4. The van der Waals surface area contributed by atoms with Crippen molar-refractivity contribution in [3.8, 4) is 0 Å². The molecule has 0 aromatic carbocycles.